The van der Waals surface area contributed by atoms with E-state index < -0.39 is 5.97 Å². The fraction of sp³-hybridized carbons (Fsp3) is 0.364. The van der Waals surface area contributed by atoms with Crippen LogP contribution in [0, 0.1) is 6.92 Å². The molecule has 0 saturated carbocycles. The molecule has 9 nitrogen and oxygen atoms in total. The SMILES string of the molecule is CC=CCC1COc2cc(C(=O)OC)cc3nc(NC(=O)c4cc(C)nn4CC)n1c23. The molecule has 0 fully saturated rings. The summed E-state index contributed by atoms with van der Waals surface area (Å²) in [6, 6.07) is 5.00. The molecule has 1 aliphatic heterocycles. The largest absolute Gasteiger partial charge is 0.489 e. The molecule has 1 atom stereocenters. The number of imidazole rings is 1. The molecule has 31 heavy (non-hydrogen) atoms. The number of aromatic nitrogens is 4. The Kier molecular flexibility index (Phi) is 5.50. The van der Waals surface area contributed by atoms with E-state index in [2.05, 4.69) is 21.5 Å². The Morgan fingerprint density at radius 3 is 2.87 bits per heavy atom. The maximum Gasteiger partial charge on any atom is 0.338 e. The van der Waals surface area contributed by atoms with Gasteiger partial charge < -0.3 is 9.47 Å². The smallest absolute Gasteiger partial charge is 0.338 e. The summed E-state index contributed by atoms with van der Waals surface area (Å²) in [5.74, 6) is 0.180. The van der Waals surface area contributed by atoms with Gasteiger partial charge in [0.15, 0.2) is 0 Å². The minimum absolute atomic E-state index is 0.0502. The average molecular weight is 423 g/mol. The molecule has 0 aliphatic carbocycles. The van der Waals surface area contributed by atoms with Gasteiger partial charge in [-0.2, -0.15) is 5.10 Å². The van der Waals surface area contributed by atoms with E-state index in [1.807, 2.05) is 31.4 Å². The first kappa shape index (κ1) is 20.6. The van der Waals surface area contributed by atoms with E-state index in [-0.39, 0.29) is 11.9 Å². The monoisotopic (exact) mass is 423 g/mol. The van der Waals surface area contributed by atoms with Crippen LogP contribution in [0.25, 0.3) is 11.0 Å². The van der Waals surface area contributed by atoms with Crippen molar-refractivity contribution >= 4 is 28.9 Å². The van der Waals surface area contributed by atoms with Gasteiger partial charge in [0.25, 0.3) is 5.91 Å². The van der Waals surface area contributed by atoms with Crippen LogP contribution in [-0.2, 0) is 11.3 Å². The second kappa shape index (κ2) is 8.25. The predicted octanol–water partition coefficient (Wildman–Crippen LogP) is 3.50. The topological polar surface area (TPSA) is 100 Å². The number of esters is 1. The Morgan fingerprint density at radius 2 is 2.16 bits per heavy atom. The van der Waals surface area contributed by atoms with Crippen molar-refractivity contribution in [2.45, 2.75) is 39.8 Å². The van der Waals surface area contributed by atoms with Crippen LogP contribution in [0.15, 0.2) is 30.4 Å². The van der Waals surface area contributed by atoms with E-state index in [9.17, 15) is 9.59 Å². The van der Waals surface area contributed by atoms with Gasteiger partial charge in [0.1, 0.15) is 23.6 Å². The lowest BCUT2D eigenvalue weighted by atomic mass is 10.1. The third kappa shape index (κ3) is 3.67. The normalized spacial score (nSPS) is 15.3. The van der Waals surface area contributed by atoms with Crippen molar-refractivity contribution < 1.29 is 19.1 Å². The molecule has 1 amide bonds. The average Bonchev–Trinajstić information content (AvgIpc) is 3.33. The molecule has 1 aromatic carbocycles. The molecule has 0 spiro atoms. The minimum Gasteiger partial charge on any atom is -0.489 e. The molecule has 4 rings (SSSR count). The number of rotatable bonds is 6. The van der Waals surface area contributed by atoms with Gasteiger partial charge in [-0.25, -0.2) is 9.78 Å². The predicted molar refractivity (Wildman–Crippen MR) is 116 cm³/mol. The molecule has 2 aromatic heterocycles. The Morgan fingerprint density at radius 1 is 1.35 bits per heavy atom. The number of ether oxygens (including phenoxy) is 2. The lowest BCUT2D eigenvalue weighted by Gasteiger charge is -2.26. The lowest BCUT2D eigenvalue weighted by Crippen LogP contribution is -2.26. The van der Waals surface area contributed by atoms with Gasteiger partial charge in [-0.1, -0.05) is 12.2 Å². The van der Waals surface area contributed by atoms with Crippen LogP contribution in [0.5, 0.6) is 5.75 Å². The van der Waals surface area contributed by atoms with Gasteiger partial charge in [0.2, 0.25) is 5.95 Å². The van der Waals surface area contributed by atoms with E-state index in [0.717, 1.165) is 17.6 Å². The van der Waals surface area contributed by atoms with Gasteiger partial charge in [-0.15, -0.1) is 0 Å². The number of anilines is 1. The van der Waals surface area contributed by atoms with Crippen LogP contribution in [-0.4, -0.2) is 44.9 Å². The summed E-state index contributed by atoms with van der Waals surface area (Å²) in [6.45, 7) is 6.71. The van der Waals surface area contributed by atoms with E-state index in [1.54, 1.807) is 22.9 Å². The number of hydrogen-bond acceptors (Lipinski definition) is 6. The van der Waals surface area contributed by atoms with Crippen molar-refractivity contribution in [1.82, 2.24) is 19.3 Å². The summed E-state index contributed by atoms with van der Waals surface area (Å²) in [7, 11) is 1.33. The second-order valence-electron chi connectivity index (χ2n) is 7.35. The maximum absolute atomic E-state index is 13.1. The summed E-state index contributed by atoms with van der Waals surface area (Å²) in [5.41, 5.74) is 2.87. The first-order valence-electron chi connectivity index (χ1n) is 10.2. The summed E-state index contributed by atoms with van der Waals surface area (Å²) >= 11 is 0. The van der Waals surface area contributed by atoms with Crippen LogP contribution in [0.2, 0.25) is 0 Å². The number of hydrogen-bond donors (Lipinski definition) is 1. The Balaban J connectivity index is 1.81. The highest BCUT2D eigenvalue weighted by Crippen LogP contribution is 2.38. The van der Waals surface area contributed by atoms with Gasteiger partial charge in [-0.3, -0.25) is 19.4 Å². The minimum atomic E-state index is -0.472. The molecule has 1 N–H and O–H groups in total. The highest BCUT2D eigenvalue weighted by atomic mass is 16.5. The Bertz CT molecular complexity index is 1190. The summed E-state index contributed by atoms with van der Waals surface area (Å²) < 4.78 is 14.4. The zero-order chi connectivity index (χ0) is 22.1. The van der Waals surface area contributed by atoms with Crippen LogP contribution in [0.1, 0.15) is 52.9 Å². The van der Waals surface area contributed by atoms with Gasteiger partial charge in [-0.05, 0) is 45.4 Å². The van der Waals surface area contributed by atoms with E-state index in [4.69, 9.17) is 9.47 Å². The Labute approximate surface area is 179 Å². The van der Waals surface area contributed by atoms with E-state index >= 15 is 0 Å². The molecule has 0 saturated heterocycles. The number of nitrogens with one attached hydrogen (secondary N) is 1. The zero-order valence-corrected chi connectivity index (χ0v) is 18.0. The molecular formula is C22H25N5O4. The quantitative estimate of drug-likeness (QED) is 0.481. The van der Waals surface area contributed by atoms with Crippen LogP contribution >= 0.6 is 0 Å². The highest BCUT2D eigenvalue weighted by Gasteiger charge is 2.29. The number of nitrogens with zero attached hydrogens (tertiary/aromatic N) is 4. The highest BCUT2D eigenvalue weighted by molar-refractivity contribution is 6.04. The number of benzene rings is 1. The van der Waals surface area contributed by atoms with Crippen LogP contribution in [0.3, 0.4) is 0 Å². The number of amides is 1. The first-order valence-corrected chi connectivity index (χ1v) is 10.2. The summed E-state index contributed by atoms with van der Waals surface area (Å²) in [4.78, 5) is 29.8. The van der Waals surface area contributed by atoms with Crippen molar-refractivity contribution in [1.29, 1.82) is 0 Å². The zero-order valence-electron chi connectivity index (χ0n) is 18.0. The third-order valence-corrected chi connectivity index (χ3v) is 5.27. The lowest BCUT2D eigenvalue weighted by molar-refractivity contribution is 0.0600. The van der Waals surface area contributed by atoms with Crippen molar-refractivity contribution in [2.75, 3.05) is 19.0 Å². The van der Waals surface area contributed by atoms with E-state index in [1.165, 1.54) is 7.11 Å². The molecular weight excluding hydrogens is 398 g/mol. The number of carbonyl (C=O) groups is 2. The van der Waals surface area contributed by atoms with E-state index in [0.29, 0.717) is 41.6 Å². The number of aryl methyl sites for hydroxylation is 2. The van der Waals surface area contributed by atoms with Crippen molar-refractivity contribution in [3.05, 3.63) is 47.3 Å². The molecule has 0 bridgehead atoms. The molecule has 1 aliphatic rings. The van der Waals surface area contributed by atoms with Crippen molar-refractivity contribution in [2.24, 2.45) is 0 Å². The molecule has 0 radical (unpaired) electrons. The third-order valence-electron chi connectivity index (χ3n) is 5.27. The van der Waals surface area contributed by atoms with Crippen molar-refractivity contribution in [3.8, 4) is 5.75 Å². The first-order chi connectivity index (χ1) is 15.0. The molecule has 3 heterocycles. The standard InChI is InChI=1S/C22H25N5O4/c1-5-7-8-15-12-31-18-11-14(21(29)30-4)10-16-19(18)27(15)22(23-16)24-20(28)17-9-13(3)25-26(17)6-2/h5,7,9-11,15H,6,8,12H2,1-4H3,(H,23,24,28). The fourth-order valence-electron chi connectivity index (χ4n) is 3.85. The Hall–Kier alpha value is -3.62. The fourth-order valence-corrected chi connectivity index (χ4v) is 3.85. The van der Waals surface area contributed by atoms with Crippen LogP contribution in [0.4, 0.5) is 5.95 Å². The van der Waals surface area contributed by atoms with Crippen molar-refractivity contribution in [3.63, 3.8) is 0 Å². The van der Waals surface area contributed by atoms with Gasteiger partial charge >= 0.3 is 5.97 Å². The number of carbonyl (C=O) groups excluding carboxylic acids is 2. The number of allylic oxidation sites excluding steroid dienone is 2. The number of methoxy groups -OCH3 is 1. The summed E-state index contributed by atoms with van der Waals surface area (Å²) in [6.07, 6.45) is 4.74. The van der Waals surface area contributed by atoms with Gasteiger partial charge in [0.05, 0.1) is 29.9 Å². The van der Waals surface area contributed by atoms with Crippen LogP contribution < -0.4 is 10.1 Å². The maximum atomic E-state index is 13.1. The molecule has 3 aromatic rings. The summed E-state index contributed by atoms with van der Waals surface area (Å²) in [5, 5.41) is 7.29. The second-order valence-corrected chi connectivity index (χ2v) is 7.35. The molecule has 162 valence electrons. The van der Waals surface area contributed by atoms with Gasteiger partial charge in [0, 0.05) is 6.54 Å². The molecule has 9 heteroatoms. The molecule has 1 unspecified atom stereocenters.